The van der Waals surface area contributed by atoms with Crippen LogP contribution in [-0.2, 0) is 4.43 Å². The normalized spacial score (nSPS) is 24.9. The number of benzene rings is 2. The number of fused-ring (bicyclic) bond motifs is 4. The van der Waals surface area contributed by atoms with Gasteiger partial charge in [-0.2, -0.15) is 0 Å². The van der Waals surface area contributed by atoms with Crippen molar-refractivity contribution in [3.05, 3.63) is 65.7 Å². The second kappa shape index (κ2) is 7.97. The second-order valence-electron chi connectivity index (χ2n) is 10.3. The van der Waals surface area contributed by atoms with Crippen molar-refractivity contribution in [2.75, 3.05) is 6.61 Å². The topological polar surface area (TPSA) is 50.8 Å². The number of carbonyl (C=O) groups is 1. The van der Waals surface area contributed by atoms with Crippen LogP contribution in [0.3, 0.4) is 0 Å². The highest BCUT2D eigenvalue weighted by Gasteiger charge is 2.56. The molecule has 2 aromatic rings. The Labute approximate surface area is 197 Å². The van der Waals surface area contributed by atoms with Gasteiger partial charge in [-0.05, 0) is 55.5 Å². The minimum Gasteiger partial charge on any atom is -0.468 e. The van der Waals surface area contributed by atoms with E-state index in [1.807, 2.05) is 61.5 Å². The van der Waals surface area contributed by atoms with E-state index < -0.39 is 14.0 Å². The van der Waals surface area contributed by atoms with Crippen LogP contribution in [0.4, 0.5) is 0 Å². The lowest BCUT2D eigenvalue weighted by Crippen LogP contribution is -2.71. The number of hydrogen-bond acceptors (Lipinski definition) is 4. The summed E-state index contributed by atoms with van der Waals surface area (Å²) in [6.45, 7) is 13.7. The lowest BCUT2D eigenvalue weighted by Gasteiger charge is -2.55. The Morgan fingerprint density at radius 2 is 1.78 bits per heavy atom. The molecule has 0 aromatic heterocycles. The van der Waals surface area contributed by atoms with Gasteiger partial charge in [0.2, 0.25) is 0 Å². The SMILES string of the molecule is CC(C)(C)[Si](C)(C)OC[C@@H]1[C@H]2c3ccccc3O[C@]1(C)NC(=S)N2C(=O)c1ccccc1. The van der Waals surface area contributed by atoms with Crippen molar-refractivity contribution in [3.63, 3.8) is 0 Å². The van der Waals surface area contributed by atoms with Crippen molar-refractivity contribution in [3.8, 4) is 5.75 Å². The van der Waals surface area contributed by atoms with Crippen LogP contribution in [0.15, 0.2) is 54.6 Å². The third kappa shape index (κ3) is 3.87. The molecule has 2 bridgehead atoms. The summed E-state index contributed by atoms with van der Waals surface area (Å²) in [5.41, 5.74) is 0.793. The standard InChI is InChI=1S/C25H32N2O3SSi/c1-24(2,3)32(5,6)29-16-19-21-18-14-10-11-15-20(18)30-25(19,4)26-23(31)27(21)22(28)17-12-8-7-9-13-17/h7-15,19,21H,16H2,1-6H3,(H,26,31)/t19-,21-,25+/m1/s1. The predicted octanol–water partition coefficient (Wildman–Crippen LogP) is 5.50. The number of nitrogens with one attached hydrogen (secondary N) is 1. The van der Waals surface area contributed by atoms with Crippen molar-refractivity contribution in [2.45, 2.75) is 57.6 Å². The number of carbonyl (C=O) groups excluding carboxylic acids is 1. The first-order valence-corrected chi connectivity index (χ1v) is 14.4. The maximum atomic E-state index is 13.7. The molecule has 0 radical (unpaired) electrons. The van der Waals surface area contributed by atoms with E-state index in [9.17, 15) is 4.79 Å². The monoisotopic (exact) mass is 468 g/mol. The molecule has 0 unspecified atom stereocenters. The van der Waals surface area contributed by atoms with Crippen LogP contribution in [-0.4, -0.2) is 36.6 Å². The van der Waals surface area contributed by atoms with E-state index >= 15 is 0 Å². The lowest BCUT2D eigenvalue weighted by molar-refractivity contribution is -0.0763. The summed E-state index contributed by atoms with van der Waals surface area (Å²) in [6.07, 6.45) is 0. The molecule has 5 nitrogen and oxygen atoms in total. The van der Waals surface area contributed by atoms with Crippen LogP contribution in [0.2, 0.25) is 18.1 Å². The molecule has 0 spiro atoms. The van der Waals surface area contributed by atoms with Gasteiger partial charge in [0.25, 0.3) is 5.91 Å². The zero-order valence-corrected chi connectivity index (χ0v) is 21.5. The zero-order chi connectivity index (χ0) is 23.3. The quantitative estimate of drug-likeness (QED) is 0.474. The summed E-state index contributed by atoms with van der Waals surface area (Å²) in [7, 11) is -2.01. The van der Waals surface area contributed by atoms with E-state index in [1.165, 1.54) is 0 Å². The number of nitrogens with zero attached hydrogens (tertiary/aromatic N) is 1. The molecule has 1 N–H and O–H groups in total. The molecular formula is C25H32N2O3SSi. The molecule has 1 fully saturated rings. The molecule has 1 amide bonds. The average Bonchev–Trinajstić information content (AvgIpc) is 2.71. The number of thiocarbonyl (C=S) groups is 1. The van der Waals surface area contributed by atoms with Crippen LogP contribution >= 0.6 is 12.2 Å². The van der Waals surface area contributed by atoms with E-state index in [0.29, 0.717) is 17.3 Å². The molecule has 2 aliphatic heterocycles. The Morgan fingerprint density at radius 1 is 1.16 bits per heavy atom. The largest absolute Gasteiger partial charge is 0.468 e. The number of rotatable bonds is 4. The summed E-state index contributed by atoms with van der Waals surface area (Å²) in [4.78, 5) is 15.4. The molecule has 2 heterocycles. The molecule has 2 aromatic carbocycles. The molecule has 4 rings (SSSR count). The van der Waals surface area contributed by atoms with Gasteiger partial charge in [0.15, 0.2) is 19.2 Å². The van der Waals surface area contributed by atoms with Gasteiger partial charge in [0.05, 0.1) is 12.0 Å². The fourth-order valence-electron chi connectivity index (χ4n) is 4.18. The minimum atomic E-state index is -2.01. The van der Waals surface area contributed by atoms with Gasteiger partial charge < -0.3 is 14.5 Å². The maximum absolute atomic E-state index is 13.7. The van der Waals surface area contributed by atoms with Crippen molar-refractivity contribution >= 4 is 31.6 Å². The average molecular weight is 469 g/mol. The Morgan fingerprint density at radius 3 is 2.44 bits per heavy atom. The Balaban J connectivity index is 1.78. The molecule has 170 valence electrons. The number of amides is 1. The lowest BCUT2D eigenvalue weighted by atomic mass is 9.79. The first-order valence-electron chi connectivity index (χ1n) is 11.1. The summed E-state index contributed by atoms with van der Waals surface area (Å²) in [6, 6.07) is 16.9. The Hall–Kier alpha value is -2.22. The molecule has 7 heteroatoms. The van der Waals surface area contributed by atoms with Gasteiger partial charge in [0, 0.05) is 17.7 Å². The third-order valence-corrected chi connectivity index (χ3v) is 12.0. The highest BCUT2D eigenvalue weighted by molar-refractivity contribution is 7.80. The summed E-state index contributed by atoms with van der Waals surface area (Å²) >= 11 is 5.71. The Kier molecular flexibility index (Phi) is 5.72. The molecule has 1 saturated heterocycles. The minimum absolute atomic E-state index is 0.0821. The molecule has 3 atom stereocenters. The first-order chi connectivity index (χ1) is 14.9. The van der Waals surface area contributed by atoms with E-state index in [1.54, 1.807) is 4.90 Å². The van der Waals surface area contributed by atoms with E-state index in [0.717, 1.165) is 11.3 Å². The van der Waals surface area contributed by atoms with Crippen molar-refractivity contribution in [1.82, 2.24) is 10.2 Å². The van der Waals surface area contributed by atoms with Crippen molar-refractivity contribution in [1.29, 1.82) is 0 Å². The Bertz CT molecular complexity index is 1040. The predicted molar refractivity (Wildman–Crippen MR) is 133 cm³/mol. The van der Waals surface area contributed by atoms with Gasteiger partial charge in [-0.15, -0.1) is 0 Å². The molecule has 0 saturated carbocycles. The third-order valence-electron chi connectivity index (χ3n) is 7.17. The van der Waals surface area contributed by atoms with Gasteiger partial charge in [-0.3, -0.25) is 9.69 Å². The molecule has 2 aliphatic rings. The van der Waals surface area contributed by atoms with E-state index in [4.69, 9.17) is 21.4 Å². The highest BCUT2D eigenvalue weighted by Crippen LogP contribution is 2.49. The van der Waals surface area contributed by atoms with Crippen LogP contribution in [0.5, 0.6) is 5.75 Å². The van der Waals surface area contributed by atoms with Gasteiger partial charge in [-0.1, -0.05) is 57.2 Å². The highest BCUT2D eigenvalue weighted by atomic mass is 32.1. The number of para-hydroxylation sites is 1. The van der Waals surface area contributed by atoms with E-state index in [2.05, 4.69) is 39.2 Å². The van der Waals surface area contributed by atoms with Crippen LogP contribution in [0, 0.1) is 5.92 Å². The smallest absolute Gasteiger partial charge is 0.260 e. The first kappa shape index (κ1) is 23.0. The van der Waals surface area contributed by atoms with Gasteiger partial charge >= 0.3 is 0 Å². The van der Waals surface area contributed by atoms with Crippen LogP contribution < -0.4 is 10.1 Å². The zero-order valence-electron chi connectivity index (χ0n) is 19.6. The second-order valence-corrected chi connectivity index (χ2v) is 15.5. The van der Waals surface area contributed by atoms with Crippen LogP contribution in [0.25, 0.3) is 0 Å². The van der Waals surface area contributed by atoms with Crippen molar-refractivity contribution < 1.29 is 14.0 Å². The fourth-order valence-corrected chi connectivity index (χ4v) is 5.61. The fraction of sp³-hybridized carbons (Fsp3) is 0.440. The summed E-state index contributed by atoms with van der Waals surface area (Å²) < 4.78 is 13.1. The molecule has 32 heavy (non-hydrogen) atoms. The van der Waals surface area contributed by atoms with Gasteiger partial charge in [0.1, 0.15) is 5.75 Å². The maximum Gasteiger partial charge on any atom is 0.260 e. The summed E-state index contributed by atoms with van der Waals surface area (Å²) in [5, 5.41) is 3.80. The van der Waals surface area contributed by atoms with Gasteiger partial charge in [-0.25, -0.2) is 0 Å². The number of hydrogen-bond donors (Lipinski definition) is 1. The molecule has 0 aliphatic carbocycles. The summed E-state index contributed by atoms with van der Waals surface area (Å²) in [5.74, 6) is 0.513. The number of ether oxygens (including phenoxy) is 1. The van der Waals surface area contributed by atoms with Crippen LogP contribution in [0.1, 0.15) is 49.7 Å². The van der Waals surface area contributed by atoms with E-state index in [-0.39, 0.29) is 22.9 Å². The van der Waals surface area contributed by atoms with Crippen molar-refractivity contribution in [2.24, 2.45) is 5.92 Å². The molecular weight excluding hydrogens is 436 g/mol.